The van der Waals surface area contributed by atoms with Crippen molar-refractivity contribution in [3.63, 3.8) is 0 Å². The number of nitrogens with zero attached hydrogens (tertiary/aromatic N) is 2. The van der Waals surface area contributed by atoms with Gasteiger partial charge in [0.15, 0.2) is 0 Å². The molecule has 0 aliphatic carbocycles. The van der Waals surface area contributed by atoms with Crippen LogP contribution in [0.25, 0.3) is 5.69 Å². The lowest BCUT2D eigenvalue weighted by atomic mass is 10.1. The maximum atomic E-state index is 11.4. The number of aryl methyl sites for hydroxylation is 1. The average Bonchev–Trinajstić information content (AvgIpc) is 2.69. The van der Waals surface area contributed by atoms with Gasteiger partial charge in [-0.2, -0.15) is 0 Å². The number of hydrogen-bond donors (Lipinski definition) is 1. The van der Waals surface area contributed by atoms with E-state index in [1.807, 2.05) is 18.4 Å². The number of nitrogen functional groups attached to an aromatic ring is 1. The number of esters is 1. The smallest absolute Gasteiger partial charge is 0.337 e. The second-order valence-electron chi connectivity index (χ2n) is 4.05. The number of carbonyl (C=O) groups excluding carboxylic acids is 1. The molecule has 0 spiro atoms. The summed E-state index contributed by atoms with van der Waals surface area (Å²) < 4.78 is 6.55. The number of anilines is 1. The molecule has 0 fully saturated rings. The highest BCUT2D eigenvalue weighted by Gasteiger charge is 2.11. The molecule has 0 amide bonds. The maximum Gasteiger partial charge on any atom is 0.337 e. The van der Waals surface area contributed by atoms with Gasteiger partial charge in [-0.15, -0.1) is 0 Å². The zero-order valence-corrected chi connectivity index (χ0v) is 10.6. The Labute approximate surface area is 105 Å². The summed E-state index contributed by atoms with van der Waals surface area (Å²) in [6.07, 6.45) is 1.72. The van der Waals surface area contributed by atoms with Gasteiger partial charge in [0, 0.05) is 5.69 Å². The molecule has 2 rings (SSSR count). The quantitative estimate of drug-likeness (QED) is 0.647. The van der Waals surface area contributed by atoms with Crippen molar-refractivity contribution in [3.05, 3.63) is 41.5 Å². The van der Waals surface area contributed by atoms with E-state index in [0.717, 1.165) is 17.1 Å². The van der Waals surface area contributed by atoms with Crippen LogP contribution in [0.3, 0.4) is 0 Å². The molecule has 0 radical (unpaired) electrons. The summed E-state index contributed by atoms with van der Waals surface area (Å²) in [6.45, 7) is 3.90. The zero-order valence-electron chi connectivity index (χ0n) is 10.6. The molecule has 1 aromatic carbocycles. The molecule has 18 heavy (non-hydrogen) atoms. The van der Waals surface area contributed by atoms with Gasteiger partial charge in [0.05, 0.1) is 36.1 Å². The number of rotatable bonds is 2. The van der Waals surface area contributed by atoms with Crippen molar-refractivity contribution < 1.29 is 9.53 Å². The van der Waals surface area contributed by atoms with Crippen molar-refractivity contribution in [1.82, 2.24) is 9.55 Å². The van der Waals surface area contributed by atoms with Crippen LogP contribution in [0.4, 0.5) is 5.69 Å². The van der Waals surface area contributed by atoms with E-state index in [-0.39, 0.29) is 0 Å². The third-order valence-electron chi connectivity index (χ3n) is 2.96. The maximum absolute atomic E-state index is 11.4. The molecule has 0 saturated heterocycles. The normalized spacial score (nSPS) is 10.4. The van der Waals surface area contributed by atoms with Crippen molar-refractivity contribution >= 4 is 11.7 Å². The lowest BCUT2D eigenvalue weighted by Crippen LogP contribution is -2.05. The number of aromatic nitrogens is 2. The summed E-state index contributed by atoms with van der Waals surface area (Å²) in [5, 5.41) is 0. The van der Waals surface area contributed by atoms with E-state index in [1.54, 1.807) is 24.5 Å². The Kier molecular flexibility index (Phi) is 3.06. The number of methoxy groups -OCH3 is 1. The molecule has 5 heteroatoms. The second-order valence-corrected chi connectivity index (χ2v) is 4.05. The molecule has 0 atom stereocenters. The van der Waals surface area contributed by atoms with Gasteiger partial charge in [-0.3, -0.25) is 0 Å². The SMILES string of the molecule is COC(=O)c1ccc(-n2cnc(C)c2C)c(N)c1. The summed E-state index contributed by atoms with van der Waals surface area (Å²) in [5.41, 5.74) is 9.70. The van der Waals surface area contributed by atoms with Gasteiger partial charge < -0.3 is 15.0 Å². The van der Waals surface area contributed by atoms with Crippen LogP contribution in [0, 0.1) is 13.8 Å². The predicted octanol–water partition coefficient (Wildman–Crippen LogP) is 1.86. The Morgan fingerprint density at radius 2 is 2.11 bits per heavy atom. The van der Waals surface area contributed by atoms with Crippen LogP contribution in [0.2, 0.25) is 0 Å². The predicted molar refractivity (Wildman–Crippen MR) is 68.8 cm³/mol. The first kappa shape index (κ1) is 12.2. The number of imidazole rings is 1. The second kappa shape index (κ2) is 4.52. The van der Waals surface area contributed by atoms with Crippen LogP contribution in [0.5, 0.6) is 0 Å². The molecule has 0 aliphatic rings. The molecule has 1 heterocycles. The van der Waals surface area contributed by atoms with E-state index in [4.69, 9.17) is 5.73 Å². The van der Waals surface area contributed by atoms with Crippen molar-refractivity contribution in [2.45, 2.75) is 13.8 Å². The first-order valence-electron chi connectivity index (χ1n) is 5.53. The van der Waals surface area contributed by atoms with E-state index in [9.17, 15) is 4.79 Å². The van der Waals surface area contributed by atoms with Crippen LogP contribution < -0.4 is 5.73 Å². The Morgan fingerprint density at radius 3 is 2.61 bits per heavy atom. The Balaban J connectivity index is 2.48. The average molecular weight is 245 g/mol. The lowest BCUT2D eigenvalue weighted by molar-refractivity contribution is 0.0601. The number of benzene rings is 1. The van der Waals surface area contributed by atoms with Crippen molar-refractivity contribution in [2.24, 2.45) is 0 Å². The molecule has 0 aliphatic heterocycles. The van der Waals surface area contributed by atoms with E-state index < -0.39 is 5.97 Å². The van der Waals surface area contributed by atoms with E-state index in [1.165, 1.54) is 7.11 Å². The van der Waals surface area contributed by atoms with Crippen LogP contribution in [-0.4, -0.2) is 22.6 Å². The zero-order chi connectivity index (χ0) is 13.3. The van der Waals surface area contributed by atoms with Crippen LogP contribution >= 0.6 is 0 Å². The minimum absolute atomic E-state index is 0.396. The Morgan fingerprint density at radius 1 is 1.39 bits per heavy atom. The van der Waals surface area contributed by atoms with Crippen molar-refractivity contribution in [3.8, 4) is 5.69 Å². The van der Waals surface area contributed by atoms with Crippen LogP contribution in [0.1, 0.15) is 21.7 Å². The molecule has 94 valence electrons. The molecule has 1 aromatic heterocycles. The summed E-state index contributed by atoms with van der Waals surface area (Å²) >= 11 is 0. The fraction of sp³-hybridized carbons (Fsp3) is 0.231. The lowest BCUT2D eigenvalue weighted by Gasteiger charge is -2.10. The summed E-state index contributed by atoms with van der Waals surface area (Å²) in [4.78, 5) is 15.6. The monoisotopic (exact) mass is 245 g/mol. The highest BCUT2D eigenvalue weighted by Crippen LogP contribution is 2.21. The number of hydrogen-bond acceptors (Lipinski definition) is 4. The topological polar surface area (TPSA) is 70.1 Å². The minimum Gasteiger partial charge on any atom is -0.465 e. The molecule has 2 N–H and O–H groups in total. The molecule has 0 bridgehead atoms. The van der Waals surface area contributed by atoms with Crippen LogP contribution in [0.15, 0.2) is 24.5 Å². The van der Waals surface area contributed by atoms with Gasteiger partial charge in [0.2, 0.25) is 0 Å². The molecule has 2 aromatic rings. The number of carbonyl (C=O) groups is 1. The number of nitrogens with two attached hydrogens (primary N) is 1. The van der Waals surface area contributed by atoms with Gasteiger partial charge in [0.25, 0.3) is 0 Å². The van der Waals surface area contributed by atoms with Crippen molar-refractivity contribution in [2.75, 3.05) is 12.8 Å². The minimum atomic E-state index is -0.396. The summed E-state index contributed by atoms with van der Waals surface area (Å²) in [7, 11) is 1.34. The van der Waals surface area contributed by atoms with E-state index in [2.05, 4.69) is 9.72 Å². The fourth-order valence-electron chi connectivity index (χ4n) is 1.76. The van der Waals surface area contributed by atoms with E-state index in [0.29, 0.717) is 11.3 Å². The fourth-order valence-corrected chi connectivity index (χ4v) is 1.76. The van der Waals surface area contributed by atoms with Gasteiger partial charge >= 0.3 is 5.97 Å². The first-order valence-corrected chi connectivity index (χ1v) is 5.53. The summed E-state index contributed by atoms with van der Waals surface area (Å²) in [5.74, 6) is -0.396. The third-order valence-corrected chi connectivity index (χ3v) is 2.96. The standard InChI is InChI=1S/C13H15N3O2/c1-8-9(2)16(7-15-8)12-5-4-10(6-11(12)14)13(17)18-3/h4-7H,14H2,1-3H3. The Bertz CT molecular complexity index is 602. The van der Waals surface area contributed by atoms with Gasteiger partial charge in [-0.1, -0.05) is 0 Å². The molecule has 0 saturated carbocycles. The number of ether oxygens (including phenoxy) is 1. The van der Waals surface area contributed by atoms with Gasteiger partial charge in [-0.05, 0) is 32.0 Å². The van der Waals surface area contributed by atoms with Crippen molar-refractivity contribution in [1.29, 1.82) is 0 Å². The molecular formula is C13H15N3O2. The Hall–Kier alpha value is -2.30. The molecule has 5 nitrogen and oxygen atoms in total. The van der Waals surface area contributed by atoms with Gasteiger partial charge in [0.1, 0.15) is 0 Å². The van der Waals surface area contributed by atoms with E-state index >= 15 is 0 Å². The summed E-state index contributed by atoms with van der Waals surface area (Å²) in [6, 6.07) is 5.08. The van der Waals surface area contributed by atoms with Gasteiger partial charge in [-0.25, -0.2) is 9.78 Å². The largest absolute Gasteiger partial charge is 0.465 e. The molecular weight excluding hydrogens is 230 g/mol. The highest BCUT2D eigenvalue weighted by molar-refractivity contribution is 5.91. The molecule has 0 unspecified atom stereocenters. The van der Waals surface area contributed by atoms with Crippen LogP contribution in [-0.2, 0) is 4.74 Å². The highest BCUT2D eigenvalue weighted by atomic mass is 16.5. The third kappa shape index (κ3) is 1.95. The first-order chi connectivity index (χ1) is 8.54.